The van der Waals surface area contributed by atoms with Gasteiger partial charge in [0.15, 0.2) is 0 Å². The lowest BCUT2D eigenvalue weighted by atomic mass is 10.1. The zero-order valence-corrected chi connectivity index (χ0v) is 22.7. The summed E-state index contributed by atoms with van der Waals surface area (Å²) in [7, 11) is -4.05. The molecular weight excluding hydrogens is 486 g/mol. The number of hydrogen-bond donors (Lipinski definition) is 1. The van der Waals surface area contributed by atoms with Gasteiger partial charge in [0.05, 0.1) is 10.6 Å². The first kappa shape index (κ1) is 27.9. The summed E-state index contributed by atoms with van der Waals surface area (Å²) < 4.78 is 28.5. The van der Waals surface area contributed by atoms with Crippen LogP contribution >= 0.6 is 0 Å². The van der Waals surface area contributed by atoms with Crippen molar-refractivity contribution in [1.82, 2.24) is 10.2 Å². The molecule has 3 aromatic carbocycles. The number of anilines is 1. The minimum Gasteiger partial charge on any atom is -0.354 e. The lowest BCUT2D eigenvalue weighted by Crippen LogP contribution is -2.51. The van der Waals surface area contributed by atoms with Gasteiger partial charge in [-0.25, -0.2) is 8.42 Å². The zero-order chi connectivity index (χ0) is 27.0. The van der Waals surface area contributed by atoms with Crippen molar-refractivity contribution in [3.63, 3.8) is 0 Å². The van der Waals surface area contributed by atoms with Crippen molar-refractivity contribution in [3.8, 4) is 0 Å². The molecule has 0 aliphatic rings. The molecule has 8 heteroatoms. The van der Waals surface area contributed by atoms with Gasteiger partial charge < -0.3 is 10.2 Å². The van der Waals surface area contributed by atoms with Gasteiger partial charge in [0.2, 0.25) is 11.8 Å². The molecule has 0 spiro atoms. The normalized spacial score (nSPS) is 12.0. The molecule has 0 radical (unpaired) electrons. The molecule has 0 fully saturated rings. The number of nitrogens with one attached hydrogen (secondary N) is 1. The summed E-state index contributed by atoms with van der Waals surface area (Å²) in [5.41, 5.74) is 3.23. The van der Waals surface area contributed by atoms with E-state index in [-0.39, 0.29) is 17.3 Å². The second-order valence-corrected chi connectivity index (χ2v) is 11.0. The number of aryl methyl sites for hydroxylation is 2. The first-order valence-corrected chi connectivity index (χ1v) is 13.8. The van der Waals surface area contributed by atoms with Crippen LogP contribution in [0.25, 0.3) is 0 Å². The van der Waals surface area contributed by atoms with E-state index in [4.69, 9.17) is 0 Å². The SMILES string of the molecule is CCCNC(=O)[C@H](C)N(Cc1cccc(C)c1)C(=O)CN(c1ccc(C)cc1)S(=O)(=O)c1ccccc1. The first-order chi connectivity index (χ1) is 17.6. The van der Waals surface area contributed by atoms with Gasteiger partial charge in [-0.3, -0.25) is 13.9 Å². The quantitative estimate of drug-likeness (QED) is 0.404. The van der Waals surface area contributed by atoms with E-state index < -0.39 is 28.5 Å². The average molecular weight is 522 g/mol. The number of carbonyl (C=O) groups excluding carboxylic acids is 2. The first-order valence-electron chi connectivity index (χ1n) is 12.4. The Morgan fingerprint density at radius 1 is 0.892 bits per heavy atom. The van der Waals surface area contributed by atoms with E-state index >= 15 is 0 Å². The van der Waals surface area contributed by atoms with Gasteiger partial charge in [-0.1, -0.05) is 72.6 Å². The number of hydrogen-bond acceptors (Lipinski definition) is 4. The van der Waals surface area contributed by atoms with Gasteiger partial charge in [0, 0.05) is 13.1 Å². The molecule has 7 nitrogen and oxygen atoms in total. The van der Waals surface area contributed by atoms with Crippen LogP contribution in [0, 0.1) is 13.8 Å². The number of rotatable bonds is 11. The van der Waals surface area contributed by atoms with E-state index in [1.54, 1.807) is 49.4 Å². The largest absolute Gasteiger partial charge is 0.354 e. The third-order valence-corrected chi connectivity index (χ3v) is 7.87. The van der Waals surface area contributed by atoms with E-state index in [1.807, 2.05) is 45.0 Å². The minimum absolute atomic E-state index is 0.0855. The molecule has 37 heavy (non-hydrogen) atoms. The maximum absolute atomic E-state index is 13.8. The van der Waals surface area contributed by atoms with Crippen molar-refractivity contribution in [1.29, 1.82) is 0 Å². The van der Waals surface area contributed by atoms with Gasteiger partial charge >= 0.3 is 0 Å². The standard InChI is InChI=1S/C29H35N3O4S/c1-5-18-30-29(34)24(4)31(20-25-11-9-10-23(3)19-25)28(33)21-32(26-16-14-22(2)15-17-26)37(35,36)27-12-7-6-8-13-27/h6-17,19,24H,5,18,20-21H2,1-4H3,(H,30,34)/t24-/m0/s1. The fraction of sp³-hybridized carbons (Fsp3) is 0.310. The van der Waals surface area contributed by atoms with Gasteiger partial charge in [-0.15, -0.1) is 0 Å². The molecule has 1 N–H and O–H groups in total. The third kappa shape index (κ3) is 7.20. The molecule has 0 saturated heterocycles. The second-order valence-electron chi connectivity index (χ2n) is 9.14. The van der Waals surface area contributed by atoms with Crippen LogP contribution in [0.1, 0.15) is 37.0 Å². The Morgan fingerprint density at radius 3 is 2.19 bits per heavy atom. The molecule has 0 bridgehead atoms. The summed E-state index contributed by atoms with van der Waals surface area (Å²) in [6, 6.07) is 21.9. The number of nitrogens with zero attached hydrogens (tertiary/aromatic N) is 2. The van der Waals surface area contributed by atoms with Crippen molar-refractivity contribution in [2.75, 3.05) is 17.4 Å². The minimum atomic E-state index is -4.05. The molecule has 196 valence electrons. The number of sulfonamides is 1. The molecule has 0 heterocycles. The van der Waals surface area contributed by atoms with E-state index in [0.29, 0.717) is 12.2 Å². The third-order valence-electron chi connectivity index (χ3n) is 6.08. The molecule has 3 aromatic rings. The Labute approximate surface area is 220 Å². The van der Waals surface area contributed by atoms with Crippen LogP contribution < -0.4 is 9.62 Å². The molecule has 3 rings (SSSR count). The lowest BCUT2D eigenvalue weighted by molar-refractivity contribution is -0.139. The van der Waals surface area contributed by atoms with Crippen molar-refractivity contribution in [2.45, 2.75) is 51.6 Å². The van der Waals surface area contributed by atoms with Crippen LogP contribution in [0.15, 0.2) is 83.8 Å². The van der Waals surface area contributed by atoms with Crippen LogP contribution in [0.4, 0.5) is 5.69 Å². The van der Waals surface area contributed by atoms with Crippen molar-refractivity contribution < 1.29 is 18.0 Å². The summed E-state index contributed by atoms with van der Waals surface area (Å²) in [4.78, 5) is 28.2. The fourth-order valence-corrected chi connectivity index (χ4v) is 5.38. The molecule has 0 aliphatic carbocycles. The number of carbonyl (C=O) groups is 2. The van der Waals surface area contributed by atoms with Crippen LogP contribution in [0.2, 0.25) is 0 Å². The smallest absolute Gasteiger partial charge is 0.264 e. The van der Waals surface area contributed by atoms with Crippen molar-refractivity contribution in [2.24, 2.45) is 0 Å². The van der Waals surface area contributed by atoms with Crippen LogP contribution in [-0.2, 0) is 26.2 Å². The Balaban J connectivity index is 2.00. The van der Waals surface area contributed by atoms with E-state index in [9.17, 15) is 18.0 Å². The van der Waals surface area contributed by atoms with Gasteiger partial charge in [-0.2, -0.15) is 0 Å². The Bertz CT molecular complexity index is 1310. The van der Waals surface area contributed by atoms with Crippen molar-refractivity contribution >= 4 is 27.5 Å². The topological polar surface area (TPSA) is 86.8 Å². The Morgan fingerprint density at radius 2 is 1.57 bits per heavy atom. The van der Waals surface area contributed by atoms with E-state index in [0.717, 1.165) is 27.4 Å². The van der Waals surface area contributed by atoms with Gasteiger partial charge in [0.25, 0.3) is 10.0 Å². The summed E-state index contributed by atoms with van der Waals surface area (Å²) in [6.45, 7) is 7.71. The number of amides is 2. The van der Waals surface area contributed by atoms with Crippen LogP contribution in [0.5, 0.6) is 0 Å². The van der Waals surface area contributed by atoms with Gasteiger partial charge in [0.1, 0.15) is 12.6 Å². The summed E-state index contributed by atoms with van der Waals surface area (Å²) >= 11 is 0. The summed E-state index contributed by atoms with van der Waals surface area (Å²) in [5, 5.41) is 2.85. The predicted molar refractivity (Wildman–Crippen MR) is 147 cm³/mol. The highest BCUT2D eigenvalue weighted by molar-refractivity contribution is 7.92. The number of benzene rings is 3. The molecule has 1 atom stereocenters. The molecule has 0 unspecified atom stereocenters. The Kier molecular flexibility index (Phi) is 9.47. The summed E-state index contributed by atoms with van der Waals surface area (Å²) in [5.74, 6) is -0.753. The zero-order valence-electron chi connectivity index (χ0n) is 21.8. The fourth-order valence-electron chi connectivity index (χ4n) is 3.95. The molecule has 0 aromatic heterocycles. The highest BCUT2D eigenvalue weighted by Crippen LogP contribution is 2.25. The highest BCUT2D eigenvalue weighted by atomic mass is 32.2. The average Bonchev–Trinajstić information content (AvgIpc) is 2.89. The highest BCUT2D eigenvalue weighted by Gasteiger charge is 2.32. The molecular formula is C29H35N3O4S. The van der Waals surface area contributed by atoms with E-state index in [2.05, 4.69) is 5.32 Å². The lowest BCUT2D eigenvalue weighted by Gasteiger charge is -2.32. The maximum Gasteiger partial charge on any atom is 0.264 e. The van der Waals surface area contributed by atoms with Gasteiger partial charge in [-0.05, 0) is 57.0 Å². The monoisotopic (exact) mass is 521 g/mol. The van der Waals surface area contributed by atoms with Crippen LogP contribution in [0.3, 0.4) is 0 Å². The molecule has 0 aliphatic heterocycles. The second kappa shape index (κ2) is 12.5. The van der Waals surface area contributed by atoms with E-state index in [1.165, 1.54) is 17.0 Å². The van der Waals surface area contributed by atoms with Crippen LogP contribution in [-0.4, -0.2) is 44.3 Å². The maximum atomic E-state index is 13.8. The summed E-state index contributed by atoms with van der Waals surface area (Å²) in [6.07, 6.45) is 0.765. The molecule has 2 amide bonds. The Hall–Kier alpha value is -3.65. The molecule has 0 saturated carbocycles. The van der Waals surface area contributed by atoms with Crippen molar-refractivity contribution in [3.05, 3.63) is 95.6 Å². The predicted octanol–water partition coefficient (Wildman–Crippen LogP) is 4.44.